The SMILES string of the molecule is C[C@H](C(=O)Nc1ccc(SC(F)F)cc1)N1CCc2ccccc21. The number of alkyl halides is 2. The summed E-state index contributed by atoms with van der Waals surface area (Å²) in [5, 5.41) is 2.85. The predicted octanol–water partition coefficient (Wildman–Crippen LogP) is 4.39. The number of carbonyl (C=O) groups excluding carboxylic acids is 1. The highest BCUT2D eigenvalue weighted by atomic mass is 32.2. The van der Waals surface area contributed by atoms with Crippen LogP contribution in [0.2, 0.25) is 0 Å². The normalized spacial score (nSPS) is 14.6. The average Bonchev–Trinajstić information content (AvgIpc) is 2.99. The van der Waals surface area contributed by atoms with Crippen molar-refractivity contribution >= 4 is 29.0 Å². The van der Waals surface area contributed by atoms with Crippen molar-refractivity contribution in [1.82, 2.24) is 0 Å². The van der Waals surface area contributed by atoms with E-state index >= 15 is 0 Å². The monoisotopic (exact) mass is 348 g/mol. The molecule has 1 N–H and O–H groups in total. The first-order valence-corrected chi connectivity index (χ1v) is 8.63. The van der Waals surface area contributed by atoms with Crippen LogP contribution in [-0.4, -0.2) is 24.3 Å². The number of para-hydroxylation sites is 1. The fraction of sp³-hybridized carbons (Fsp3) is 0.278. The van der Waals surface area contributed by atoms with E-state index in [-0.39, 0.29) is 11.9 Å². The number of fused-ring (bicyclic) bond motifs is 1. The van der Waals surface area contributed by atoms with Gasteiger partial charge in [0, 0.05) is 22.8 Å². The lowest BCUT2D eigenvalue weighted by Gasteiger charge is -2.26. The molecule has 3 rings (SSSR count). The fourth-order valence-corrected chi connectivity index (χ4v) is 3.37. The molecule has 1 heterocycles. The smallest absolute Gasteiger partial charge is 0.288 e. The van der Waals surface area contributed by atoms with Gasteiger partial charge in [0.15, 0.2) is 0 Å². The van der Waals surface area contributed by atoms with E-state index in [9.17, 15) is 13.6 Å². The van der Waals surface area contributed by atoms with Crippen LogP contribution in [0.1, 0.15) is 12.5 Å². The topological polar surface area (TPSA) is 32.3 Å². The highest BCUT2D eigenvalue weighted by molar-refractivity contribution is 7.99. The molecule has 0 aliphatic carbocycles. The third-order valence-corrected chi connectivity index (χ3v) is 4.84. The molecular formula is C18H18F2N2OS. The Morgan fingerprint density at radius 2 is 1.88 bits per heavy atom. The van der Waals surface area contributed by atoms with Crippen LogP contribution in [0.5, 0.6) is 0 Å². The molecule has 0 bridgehead atoms. The van der Waals surface area contributed by atoms with Crippen molar-refractivity contribution in [3.8, 4) is 0 Å². The molecule has 2 aromatic rings. The number of carbonyl (C=O) groups is 1. The van der Waals surface area contributed by atoms with Gasteiger partial charge in [-0.3, -0.25) is 4.79 Å². The van der Waals surface area contributed by atoms with Gasteiger partial charge in [0.2, 0.25) is 5.91 Å². The maximum absolute atomic E-state index is 12.5. The molecule has 24 heavy (non-hydrogen) atoms. The van der Waals surface area contributed by atoms with Gasteiger partial charge < -0.3 is 10.2 Å². The van der Waals surface area contributed by atoms with Crippen molar-refractivity contribution < 1.29 is 13.6 Å². The van der Waals surface area contributed by atoms with Gasteiger partial charge in [0.1, 0.15) is 6.04 Å². The molecule has 0 saturated heterocycles. The summed E-state index contributed by atoms with van der Waals surface area (Å²) < 4.78 is 24.6. The summed E-state index contributed by atoms with van der Waals surface area (Å²) >= 11 is 0.491. The van der Waals surface area contributed by atoms with Crippen molar-refractivity contribution in [2.45, 2.75) is 30.0 Å². The lowest BCUT2D eigenvalue weighted by Crippen LogP contribution is -2.41. The zero-order chi connectivity index (χ0) is 17.1. The Morgan fingerprint density at radius 3 is 2.58 bits per heavy atom. The van der Waals surface area contributed by atoms with Gasteiger partial charge in [-0.2, -0.15) is 8.78 Å². The molecule has 0 aromatic heterocycles. The number of benzene rings is 2. The Labute approximate surface area is 144 Å². The van der Waals surface area contributed by atoms with E-state index < -0.39 is 5.76 Å². The van der Waals surface area contributed by atoms with Gasteiger partial charge in [0.05, 0.1) is 0 Å². The standard InChI is InChI=1S/C18H18F2N2OS/c1-12(22-11-10-13-4-2-3-5-16(13)22)17(23)21-14-6-8-15(9-7-14)24-18(19)20/h2-9,12,18H,10-11H2,1H3,(H,21,23)/t12-/m1/s1. The first kappa shape index (κ1) is 16.8. The Kier molecular flexibility index (Phi) is 5.04. The summed E-state index contributed by atoms with van der Waals surface area (Å²) in [7, 11) is 0. The molecule has 1 amide bonds. The molecule has 2 aromatic carbocycles. The number of thioether (sulfide) groups is 1. The van der Waals surface area contributed by atoms with Crippen molar-refractivity contribution in [2.24, 2.45) is 0 Å². The minimum absolute atomic E-state index is 0.110. The van der Waals surface area contributed by atoms with Crippen LogP contribution in [0.4, 0.5) is 20.2 Å². The molecule has 0 unspecified atom stereocenters. The van der Waals surface area contributed by atoms with Crippen LogP contribution in [0, 0.1) is 0 Å². The molecule has 6 heteroatoms. The second-order valence-corrected chi connectivity index (χ2v) is 6.70. The van der Waals surface area contributed by atoms with Crippen LogP contribution in [0.3, 0.4) is 0 Å². The largest absolute Gasteiger partial charge is 0.359 e. The molecule has 3 nitrogen and oxygen atoms in total. The maximum Gasteiger partial charge on any atom is 0.288 e. The third-order valence-electron chi connectivity index (χ3n) is 4.12. The fourth-order valence-electron chi connectivity index (χ4n) is 2.87. The van der Waals surface area contributed by atoms with Gasteiger partial charge >= 0.3 is 0 Å². The van der Waals surface area contributed by atoms with Crippen molar-refractivity contribution in [1.29, 1.82) is 0 Å². The van der Waals surface area contributed by atoms with Gasteiger partial charge in [-0.25, -0.2) is 0 Å². The molecule has 0 spiro atoms. The molecule has 1 aliphatic heterocycles. The minimum atomic E-state index is -2.44. The highest BCUT2D eigenvalue weighted by Crippen LogP contribution is 2.30. The molecule has 0 saturated carbocycles. The third kappa shape index (κ3) is 3.70. The average molecular weight is 348 g/mol. The Hall–Kier alpha value is -2.08. The van der Waals surface area contributed by atoms with Crippen molar-refractivity contribution in [2.75, 3.05) is 16.8 Å². The first-order valence-electron chi connectivity index (χ1n) is 7.75. The van der Waals surface area contributed by atoms with Crippen molar-refractivity contribution in [3.63, 3.8) is 0 Å². The second-order valence-electron chi connectivity index (χ2n) is 5.64. The molecule has 1 aliphatic rings. The van der Waals surface area contributed by atoms with Crippen LogP contribution in [0.25, 0.3) is 0 Å². The lowest BCUT2D eigenvalue weighted by atomic mass is 10.1. The zero-order valence-corrected chi connectivity index (χ0v) is 14.0. The quantitative estimate of drug-likeness (QED) is 0.814. The number of anilines is 2. The molecule has 1 atom stereocenters. The summed E-state index contributed by atoms with van der Waals surface area (Å²) in [6.07, 6.45) is 0.938. The predicted molar refractivity (Wildman–Crippen MR) is 93.9 cm³/mol. The summed E-state index contributed by atoms with van der Waals surface area (Å²) in [6.45, 7) is 2.69. The summed E-state index contributed by atoms with van der Waals surface area (Å²) in [6, 6.07) is 14.3. The zero-order valence-electron chi connectivity index (χ0n) is 13.2. The van der Waals surface area contributed by atoms with E-state index in [4.69, 9.17) is 0 Å². The highest BCUT2D eigenvalue weighted by Gasteiger charge is 2.27. The number of hydrogen-bond acceptors (Lipinski definition) is 3. The Bertz CT molecular complexity index is 721. The number of rotatable bonds is 5. The van der Waals surface area contributed by atoms with Gasteiger partial charge in [-0.15, -0.1) is 0 Å². The van der Waals surface area contributed by atoms with Crippen LogP contribution in [-0.2, 0) is 11.2 Å². The van der Waals surface area contributed by atoms with Gasteiger partial charge in [-0.1, -0.05) is 30.0 Å². The summed E-state index contributed by atoms with van der Waals surface area (Å²) in [5.74, 6) is -2.55. The second kappa shape index (κ2) is 7.21. The Morgan fingerprint density at radius 1 is 1.17 bits per heavy atom. The van der Waals surface area contributed by atoms with Gasteiger partial charge in [-0.05, 0) is 49.2 Å². The number of nitrogens with zero attached hydrogens (tertiary/aromatic N) is 1. The first-order chi connectivity index (χ1) is 11.5. The Balaban J connectivity index is 1.65. The van der Waals surface area contributed by atoms with E-state index in [1.165, 1.54) is 5.56 Å². The van der Waals surface area contributed by atoms with Crippen molar-refractivity contribution in [3.05, 3.63) is 54.1 Å². The van der Waals surface area contributed by atoms with Crippen LogP contribution >= 0.6 is 11.8 Å². The molecule has 0 fully saturated rings. The number of halogens is 2. The minimum Gasteiger partial charge on any atom is -0.359 e. The van der Waals surface area contributed by atoms with E-state index in [2.05, 4.69) is 16.3 Å². The van der Waals surface area contributed by atoms with E-state index in [1.54, 1.807) is 24.3 Å². The number of hydrogen-bond donors (Lipinski definition) is 1. The van der Waals surface area contributed by atoms with E-state index in [0.717, 1.165) is 18.7 Å². The van der Waals surface area contributed by atoms with E-state index in [0.29, 0.717) is 22.3 Å². The maximum atomic E-state index is 12.5. The molecular weight excluding hydrogens is 330 g/mol. The molecule has 126 valence electrons. The number of amides is 1. The van der Waals surface area contributed by atoms with Crippen LogP contribution < -0.4 is 10.2 Å². The number of nitrogens with one attached hydrogen (secondary N) is 1. The lowest BCUT2D eigenvalue weighted by molar-refractivity contribution is -0.117. The van der Waals surface area contributed by atoms with E-state index in [1.807, 2.05) is 25.1 Å². The van der Waals surface area contributed by atoms with Crippen LogP contribution in [0.15, 0.2) is 53.4 Å². The summed E-state index contributed by atoms with van der Waals surface area (Å²) in [5.41, 5.74) is 2.97. The summed E-state index contributed by atoms with van der Waals surface area (Å²) in [4.78, 5) is 15.1. The molecule has 0 radical (unpaired) electrons. The van der Waals surface area contributed by atoms with Gasteiger partial charge in [0.25, 0.3) is 5.76 Å².